The van der Waals surface area contributed by atoms with Gasteiger partial charge < -0.3 is 4.74 Å². The summed E-state index contributed by atoms with van der Waals surface area (Å²) in [4.78, 5) is 10.6. The van der Waals surface area contributed by atoms with Crippen molar-refractivity contribution in [1.82, 2.24) is 9.44 Å². The molecule has 1 amide bonds. The summed E-state index contributed by atoms with van der Waals surface area (Å²) < 4.78 is 30.2. The molecule has 1 unspecified atom stereocenters. The van der Waals surface area contributed by atoms with Crippen molar-refractivity contribution in [3.63, 3.8) is 0 Å². The van der Waals surface area contributed by atoms with Crippen molar-refractivity contribution < 1.29 is 17.9 Å². The first-order chi connectivity index (χ1) is 6.91. The first kappa shape index (κ1) is 14.5. The van der Waals surface area contributed by atoms with Gasteiger partial charge in [0, 0.05) is 11.9 Å². The Kier molecular flexibility index (Phi) is 6.62. The van der Waals surface area contributed by atoms with Crippen LogP contribution in [0.15, 0.2) is 0 Å². The van der Waals surface area contributed by atoms with Crippen LogP contribution in [0.5, 0.6) is 0 Å². The Morgan fingerprint density at radius 1 is 1.53 bits per heavy atom. The molecule has 0 spiro atoms. The Labute approximate surface area is 94.5 Å². The average Bonchev–Trinajstić information content (AvgIpc) is 2.16. The lowest BCUT2D eigenvalue weighted by Gasteiger charge is -2.08. The number of methoxy groups -OCH3 is 1. The molecule has 2 N–H and O–H groups in total. The quantitative estimate of drug-likeness (QED) is 0.683. The van der Waals surface area contributed by atoms with E-state index in [1.165, 1.54) is 0 Å². The highest BCUT2D eigenvalue weighted by atomic mass is 35.5. The summed E-state index contributed by atoms with van der Waals surface area (Å²) in [6, 6.07) is 0. The molecule has 0 aromatic rings. The molecule has 0 bridgehead atoms. The van der Waals surface area contributed by atoms with Crippen LogP contribution in [-0.4, -0.2) is 33.5 Å². The average molecular weight is 259 g/mol. The molecule has 0 aliphatic heterocycles. The Morgan fingerprint density at radius 2 is 2.13 bits per heavy atom. The molecule has 0 aliphatic rings. The van der Waals surface area contributed by atoms with Crippen molar-refractivity contribution >= 4 is 27.9 Å². The number of hydrogen-bond donors (Lipinski definition) is 2. The van der Waals surface area contributed by atoms with E-state index in [0.29, 0.717) is 6.42 Å². The fourth-order valence-electron chi connectivity index (χ4n) is 0.741. The Hall–Kier alpha value is -0.530. The van der Waals surface area contributed by atoms with Gasteiger partial charge in [0.15, 0.2) is 0 Å². The number of amides is 1. The SMILES string of the molecule is CCC(Cl)CCNS(=O)(=O)NC(=O)OC. The van der Waals surface area contributed by atoms with Gasteiger partial charge >= 0.3 is 16.3 Å². The van der Waals surface area contributed by atoms with E-state index in [2.05, 4.69) is 9.46 Å². The highest BCUT2D eigenvalue weighted by Crippen LogP contribution is 2.04. The van der Waals surface area contributed by atoms with Crippen LogP contribution in [0.3, 0.4) is 0 Å². The predicted octanol–water partition coefficient (Wildman–Crippen LogP) is 0.584. The van der Waals surface area contributed by atoms with E-state index in [4.69, 9.17) is 11.6 Å². The van der Waals surface area contributed by atoms with Crippen molar-refractivity contribution in [2.45, 2.75) is 25.1 Å². The highest BCUT2D eigenvalue weighted by Gasteiger charge is 2.13. The molecular formula is C7H15ClN2O4S. The van der Waals surface area contributed by atoms with Crippen molar-refractivity contribution in [2.24, 2.45) is 0 Å². The number of halogens is 1. The fourth-order valence-corrected chi connectivity index (χ4v) is 1.61. The zero-order chi connectivity index (χ0) is 11.9. The smallest absolute Gasteiger partial charge is 0.421 e. The monoisotopic (exact) mass is 258 g/mol. The molecule has 0 saturated heterocycles. The molecule has 0 heterocycles. The fraction of sp³-hybridized carbons (Fsp3) is 0.857. The van der Waals surface area contributed by atoms with Crippen molar-refractivity contribution in [2.75, 3.05) is 13.7 Å². The van der Waals surface area contributed by atoms with Crippen LogP contribution in [-0.2, 0) is 14.9 Å². The van der Waals surface area contributed by atoms with Gasteiger partial charge in [0.2, 0.25) is 0 Å². The number of rotatable bonds is 6. The topological polar surface area (TPSA) is 84.5 Å². The normalized spacial score (nSPS) is 13.3. The summed E-state index contributed by atoms with van der Waals surface area (Å²) in [6.07, 6.45) is 0.230. The van der Waals surface area contributed by atoms with Crippen LogP contribution < -0.4 is 9.44 Å². The molecule has 0 aromatic heterocycles. The van der Waals surface area contributed by atoms with Crippen LogP contribution in [0.4, 0.5) is 4.79 Å². The molecule has 6 nitrogen and oxygen atoms in total. The minimum atomic E-state index is -3.83. The van der Waals surface area contributed by atoms with Crippen LogP contribution in [0.25, 0.3) is 0 Å². The van der Waals surface area contributed by atoms with Gasteiger partial charge in [-0.3, -0.25) is 0 Å². The van der Waals surface area contributed by atoms with Crippen LogP contribution in [0.1, 0.15) is 19.8 Å². The molecule has 0 aliphatic carbocycles. The van der Waals surface area contributed by atoms with E-state index in [0.717, 1.165) is 13.5 Å². The molecule has 8 heteroatoms. The van der Waals surface area contributed by atoms with E-state index in [9.17, 15) is 13.2 Å². The van der Waals surface area contributed by atoms with E-state index in [1.54, 1.807) is 4.72 Å². The maximum Gasteiger partial charge on any atom is 0.421 e. The first-order valence-electron chi connectivity index (χ1n) is 4.40. The number of nitrogens with one attached hydrogen (secondary N) is 2. The molecule has 0 rings (SSSR count). The molecule has 0 radical (unpaired) electrons. The summed E-state index contributed by atoms with van der Waals surface area (Å²) in [5.41, 5.74) is 0. The summed E-state index contributed by atoms with van der Waals surface area (Å²) in [7, 11) is -2.75. The molecule has 15 heavy (non-hydrogen) atoms. The lowest BCUT2D eigenvalue weighted by atomic mass is 10.2. The van der Waals surface area contributed by atoms with Gasteiger partial charge in [-0.05, 0) is 12.8 Å². The Morgan fingerprint density at radius 3 is 2.60 bits per heavy atom. The van der Waals surface area contributed by atoms with E-state index >= 15 is 0 Å². The van der Waals surface area contributed by atoms with Crippen molar-refractivity contribution in [3.8, 4) is 0 Å². The molecule has 0 aromatic carbocycles. The minimum absolute atomic E-state index is 0.0779. The maximum atomic E-state index is 11.1. The standard InChI is InChI=1S/C7H15ClN2O4S/c1-3-6(8)4-5-9-15(12,13)10-7(11)14-2/h6,9H,3-5H2,1-2H3,(H,10,11). The van der Waals surface area contributed by atoms with Crippen molar-refractivity contribution in [3.05, 3.63) is 0 Å². The molecule has 0 saturated carbocycles. The Bertz CT molecular complexity index is 293. The third kappa shape index (κ3) is 7.40. The van der Waals surface area contributed by atoms with Gasteiger partial charge in [0.05, 0.1) is 7.11 Å². The number of carbonyl (C=O) groups excluding carboxylic acids is 1. The third-order valence-corrected chi connectivity index (χ3v) is 3.14. The largest absolute Gasteiger partial charge is 0.452 e. The molecule has 0 fully saturated rings. The second kappa shape index (κ2) is 6.86. The number of carbonyl (C=O) groups is 1. The maximum absolute atomic E-state index is 11.1. The van der Waals surface area contributed by atoms with Gasteiger partial charge in [0.25, 0.3) is 0 Å². The van der Waals surface area contributed by atoms with E-state index in [1.807, 2.05) is 6.92 Å². The van der Waals surface area contributed by atoms with Crippen molar-refractivity contribution in [1.29, 1.82) is 0 Å². The lowest BCUT2D eigenvalue weighted by molar-refractivity contribution is 0.177. The zero-order valence-electron chi connectivity index (χ0n) is 8.62. The van der Waals surface area contributed by atoms with Gasteiger partial charge in [0.1, 0.15) is 0 Å². The number of hydrogen-bond acceptors (Lipinski definition) is 4. The second-order valence-electron chi connectivity index (χ2n) is 2.79. The second-order valence-corrected chi connectivity index (χ2v) is 4.90. The summed E-state index contributed by atoms with van der Waals surface area (Å²) in [5.74, 6) is 0. The molecular weight excluding hydrogens is 244 g/mol. The van der Waals surface area contributed by atoms with Crippen LogP contribution in [0.2, 0.25) is 0 Å². The summed E-state index contributed by atoms with van der Waals surface area (Å²) in [6.45, 7) is 2.08. The highest BCUT2D eigenvalue weighted by molar-refractivity contribution is 7.88. The van der Waals surface area contributed by atoms with Gasteiger partial charge in [-0.1, -0.05) is 6.92 Å². The van der Waals surface area contributed by atoms with Gasteiger partial charge in [-0.15, -0.1) is 11.6 Å². The van der Waals surface area contributed by atoms with Crippen LogP contribution in [0, 0.1) is 0 Å². The predicted molar refractivity (Wildman–Crippen MR) is 57.0 cm³/mol. The van der Waals surface area contributed by atoms with Gasteiger partial charge in [-0.2, -0.15) is 13.1 Å². The zero-order valence-corrected chi connectivity index (χ0v) is 10.2. The number of ether oxygens (including phenoxy) is 1. The summed E-state index contributed by atoms with van der Waals surface area (Å²) >= 11 is 5.78. The number of alkyl halides is 1. The van der Waals surface area contributed by atoms with Gasteiger partial charge in [-0.25, -0.2) is 9.52 Å². The third-order valence-electron chi connectivity index (χ3n) is 1.60. The molecule has 1 atom stereocenters. The summed E-state index contributed by atoms with van der Waals surface area (Å²) in [5, 5.41) is -0.0779. The molecule has 90 valence electrons. The minimum Gasteiger partial charge on any atom is -0.452 e. The Balaban J connectivity index is 3.90. The first-order valence-corrected chi connectivity index (χ1v) is 6.32. The lowest BCUT2D eigenvalue weighted by Crippen LogP contribution is -2.40. The van der Waals surface area contributed by atoms with E-state index in [-0.39, 0.29) is 11.9 Å². The van der Waals surface area contributed by atoms with E-state index < -0.39 is 16.3 Å². The van der Waals surface area contributed by atoms with Crippen LogP contribution >= 0.6 is 11.6 Å².